The topological polar surface area (TPSA) is 38.5 Å². The second-order valence-corrected chi connectivity index (χ2v) is 5.48. The number of nitrogens with zero attached hydrogens (tertiary/aromatic N) is 1. The van der Waals surface area contributed by atoms with Gasteiger partial charge < -0.3 is 10.5 Å². The lowest BCUT2D eigenvalue weighted by Crippen LogP contribution is -2.31. The first-order chi connectivity index (χ1) is 10.4. The predicted molar refractivity (Wildman–Crippen MR) is 85.6 cm³/mol. The highest BCUT2D eigenvalue weighted by Gasteiger charge is 2.22. The summed E-state index contributed by atoms with van der Waals surface area (Å²) in [6.45, 7) is 2.94. The summed E-state index contributed by atoms with van der Waals surface area (Å²) in [5.41, 5.74) is 7.25. The van der Waals surface area contributed by atoms with Gasteiger partial charge in [0.2, 0.25) is 0 Å². The van der Waals surface area contributed by atoms with E-state index in [1.807, 2.05) is 42.5 Å². The second-order valence-electron chi connectivity index (χ2n) is 5.48. The summed E-state index contributed by atoms with van der Waals surface area (Å²) in [6.07, 6.45) is 2.55. The van der Waals surface area contributed by atoms with Gasteiger partial charge in [0.15, 0.2) is 0 Å². The lowest BCUT2D eigenvalue weighted by molar-refractivity contribution is 0.251. The van der Waals surface area contributed by atoms with Gasteiger partial charge in [0.1, 0.15) is 11.5 Å². The molecule has 0 amide bonds. The van der Waals surface area contributed by atoms with E-state index in [-0.39, 0.29) is 0 Å². The molecule has 1 aliphatic heterocycles. The van der Waals surface area contributed by atoms with Crippen LogP contribution in [0.2, 0.25) is 0 Å². The monoisotopic (exact) mass is 282 g/mol. The van der Waals surface area contributed by atoms with Gasteiger partial charge in [-0.2, -0.15) is 0 Å². The number of likely N-dealkylation sites (tertiary alicyclic amines) is 1. The Balaban J connectivity index is 1.78. The summed E-state index contributed by atoms with van der Waals surface area (Å²) < 4.78 is 5.92. The van der Waals surface area contributed by atoms with Crippen LogP contribution in [0, 0.1) is 0 Å². The van der Waals surface area contributed by atoms with E-state index in [2.05, 4.69) is 17.0 Å². The van der Waals surface area contributed by atoms with Crippen LogP contribution in [0.3, 0.4) is 0 Å². The molecule has 3 rings (SSSR count). The van der Waals surface area contributed by atoms with Crippen LogP contribution in [0.5, 0.6) is 11.5 Å². The van der Waals surface area contributed by atoms with Crippen molar-refractivity contribution in [2.45, 2.75) is 18.9 Å². The molecule has 1 saturated heterocycles. The number of rotatable bonds is 5. The molecule has 3 heteroatoms. The Labute approximate surface area is 126 Å². The van der Waals surface area contributed by atoms with Gasteiger partial charge in [0, 0.05) is 12.6 Å². The smallest absolute Gasteiger partial charge is 0.127 e. The Bertz CT molecular complexity index is 564. The van der Waals surface area contributed by atoms with Gasteiger partial charge in [-0.25, -0.2) is 0 Å². The fraction of sp³-hybridized carbons (Fsp3) is 0.333. The molecule has 0 radical (unpaired) electrons. The maximum absolute atomic E-state index is 6.00. The molecule has 1 unspecified atom stereocenters. The number of hydrogen-bond donors (Lipinski definition) is 1. The fourth-order valence-corrected chi connectivity index (χ4v) is 2.96. The number of benzene rings is 2. The Morgan fingerprint density at radius 1 is 0.952 bits per heavy atom. The van der Waals surface area contributed by atoms with Crippen LogP contribution in [0.1, 0.15) is 24.4 Å². The fourth-order valence-electron chi connectivity index (χ4n) is 2.96. The summed E-state index contributed by atoms with van der Waals surface area (Å²) in [7, 11) is 0. The Morgan fingerprint density at radius 2 is 1.67 bits per heavy atom. The van der Waals surface area contributed by atoms with Gasteiger partial charge in [-0.3, -0.25) is 4.90 Å². The molecule has 1 atom stereocenters. The van der Waals surface area contributed by atoms with E-state index in [4.69, 9.17) is 10.5 Å². The van der Waals surface area contributed by atoms with Crippen molar-refractivity contribution < 1.29 is 4.74 Å². The highest BCUT2D eigenvalue weighted by Crippen LogP contribution is 2.28. The van der Waals surface area contributed by atoms with E-state index in [1.54, 1.807) is 0 Å². The molecule has 21 heavy (non-hydrogen) atoms. The van der Waals surface area contributed by atoms with Gasteiger partial charge in [-0.05, 0) is 55.8 Å². The molecule has 2 aromatic rings. The van der Waals surface area contributed by atoms with Crippen molar-refractivity contribution in [2.24, 2.45) is 5.73 Å². The predicted octanol–water partition coefficient (Wildman–Crippen LogP) is 3.57. The number of hydrogen-bond acceptors (Lipinski definition) is 3. The molecule has 0 aliphatic carbocycles. The lowest BCUT2D eigenvalue weighted by Gasteiger charge is -2.26. The minimum absolute atomic E-state index is 0.298. The average Bonchev–Trinajstić information content (AvgIpc) is 3.04. The summed E-state index contributed by atoms with van der Waals surface area (Å²) >= 11 is 0. The first kappa shape index (κ1) is 14.1. The highest BCUT2D eigenvalue weighted by atomic mass is 16.5. The molecule has 0 spiro atoms. The zero-order valence-electron chi connectivity index (χ0n) is 12.2. The Hall–Kier alpha value is -1.84. The van der Waals surface area contributed by atoms with Gasteiger partial charge >= 0.3 is 0 Å². The van der Waals surface area contributed by atoms with E-state index in [9.17, 15) is 0 Å². The third-order valence-electron chi connectivity index (χ3n) is 4.03. The maximum atomic E-state index is 6.00. The third kappa shape index (κ3) is 3.43. The molecule has 1 fully saturated rings. The molecule has 2 N–H and O–H groups in total. The first-order valence-corrected chi connectivity index (χ1v) is 7.64. The minimum Gasteiger partial charge on any atom is -0.457 e. The van der Waals surface area contributed by atoms with Crippen molar-refractivity contribution in [1.29, 1.82) is 0 Å². The molecule has 110 valence electrons. The molecule has 3 nitrogen and oxygen atoms in total. The van der Waals surface area contributed by atoms with Crippen LogP contribution in [0.4, 0.5) is 0 Å². The van der Waals surface area contributed by atoms with Crippen LogP contribution in [0.25, 0.3) is 0 Å². The molecule has 2 aromatic carbocycles. The van der Waals surface area contributed by atoms with Crippen LogP contribution < -0.4 is 10.5 Å². The SMILES string of the molecule is NCC(c1cccc(Oc2ccccc2)c1)N1CCCC1. The maximum Gasteiger partial charge on any atom is 0.127 e. The van der Waals surface area contributed by atoms with E-state index in [1.165, 1.54) is 18.4 Å². The highest BCUT2D eigenvalue weighted by molar-refractivity contribution is 5.35. The van der Waals surface area contributed by atoms with Gasteiger partial charge in [0.05, 0.1) is 0 Å². The second kappa shape index (κ2) is 6.74. The van der Waals surface area contributed by atoms with Gasteiger partial charge in [-0.15, -0.1) is 0 Å². The molecule has 0 bridgehead atoms. The zero-order valence-corrected chi connectivity index (χ0v) is 12.2. The van der Waals surface area contributed by atoms with E-state index in [0.29, 0.717) is 12.6 Å². The van der Waals surface area contributed by atoms with Crippen molar-refractivity contribution in [3.8, 4) is 11.5 Å². The van der Waals surface area contributed by atoms with Crippen LogP contribution in [-0.4, -0.2) is 24.5 Å². The van der Waals surface area contributed by atoms with E-state index < -0.39 is 0 Å². The lowest BCUT2D eigenvalue weighted by atomic mass is 10.1. The van der Waals surface area contributed by atoms with Crippen LogP contribution >= 0.6 is 0 Å². The summed E-state index contributed by atoms with van der Waals surface area (Å²) in [5, 5.41) is 0. The Kier molecular flexibility index (Phi) is 4.53. The summed E-state index contributed by atoms with van der Waals surface area (Å²) in [6, 6.07) is 18.5. The Morgan fingerprint density at radius 3 is 2.38 bits per heavy atom. The average molecular weight is 282 g/mol. The summed E-state index contributed by atoms with van der Waals surface area (Å²) in [5.74, 6) is 1.73. The van der Waals surface area contributed by atoms with Crippen LogP contribution in [-0.2, 0) is 0 Å². The standard InChI is InChI=1S/C18H22N2O/c19-14-18(20-11-4-5-12-20)15-7-6-10-17(13-15)21-16-8-2-1-3-9-16/h1-3,6-10,13,18H,4-5,11-12,14,19H2. The molecule has 1 heterocycles. The van der Waals surface area contributed by atoms with Crippen LogP contribution in [0.15, 0.2) is 54.6 Å². The van der Waals surface area contributed by atoms with E-state index in [0.717, 1.165) is 24.6 Å². The first-order valence-electron chi connectivity index (χ1n) is 7.64. The number of ether oxygens (including phenoxy) is 1. The largest absolute Gasteiger partial charge is 0.457 e. The van der Waals surface area contributed by atoms with Gasteiger partial charge in [0.25, 0.3) is 0 Å². The molecule has 1 aliphatic rings. The number of para-hydroxylation sites is 1. The van der Waals surface area contributed by atoms with Crippen molar-refractivity contribution in [1.82, 2.24) is 4.90 Å². The summed E-state index contributed by atoms with van der Waals surface area (Å²) in [4.78, 5) is 2.47. The van der Waals surface area contributed by atoms with E-state index >= 15 is 0 Å². The normalized spacial score (nSPS) is 16.8. The van der Waals surface area contributed by atoms with Crippen molar-refractivity contribution in [2.75, 3.05) is 19.6 Å². The van der Waals surface area contributed by atoms with Gasteiger partial charge in [-0.1, -0.05) is 30.3 Å². The molecular weight excluding hydrogens is 260 g/mol. The quantitative estimate of drug-likeness (QED) is 0.911. The van der Waals surface area contributed by atoms with Crippen molar-refractivity contribution in [3.05, 3.63) is 60.2 Å². The minimum atomic E-state index is 0.298. The van der Waals surface area contributed by atoms with Crippen molar-refractivity contribution in [3.63, 3.8) is 0 Å². The molecular formula is C18H22N2O. The third-order valence-corrected chi connectivity index (χ3v) is 4.03. The van der Waals surface area contributed by atoms with Crippen molar-refractivity contribution >= 4 is 0 Å². The number of nitrogens with two attached hydrogens (primary N) is 1. The molecule has 0 aromatic heterocycles. The zero-order chi connectivity index (χ0) is 14.5. The molecule has 0 saturated carbocycles.